The molecule has 0 atom stereocenters. The van der Waals surface area contributed by atoms with Crippen LogP contribution in [0.1, 0.15) is 5.56 Å². The normalized spacial score (nSPS) is 11.7. The van der Waals surface area contributed by atoms with Gasteiger partial charge in [-0.15, -0.1) is 0 Å². The number of hydrazone groups is 1. The average Bonchev–Trinajstić information content (AvgIpc) is 2.50. The second-order valence-electron chi connectivity index (χ2n) is 4.32. The number of benzene rings is 2. The van der Waals surface area contributed by atoms with Crippen molar-refractivity contribution in [1.29, 1.82) is 0 Å². The van der Waals surface area contributed by atoms with Crippen LogP contribution in [0.4, 0.5) is 0 Å². The van der Waals surface area contributed by atoms with Gasteiger partial charge in [-0.2, -0.15) is 13.5 Å². The van der Waals surface area contributed by atoms with E-state index >= 15 is 0 Å². The molecular weight excluding hydrogens is 427 g/mol. The van der Waals surface area contributed by atoms with E-state index in [2.05, 4.69) is 25.9 Å². The van der Waals surface area contributed by atoms with Crippen molar-refractivity contribution >= 4 is 55.4 Å². The third-order valence-corrected chi connectivity index (χ3v) is 5.22. The number of nitrogens with one attached hydrogen (secondary N) is 1. The standard InChI is InChI=1S/C14H11BrCl2N2O3S/c1-22-14-5-2-10(15)6-9(14)8-18-19-23(20,21)11-3-4-12(16)13(17)7-11/h2-8,19H,1H3/b18-8+. The number of sulfonamides is 1. The van der Waals surface area contributed by atoms with Gasteiger partial charge in [0.2, 0.25) is 0 Å². The van der Waals surface area contributed by atoms with E-state index in [1.165, 1.54) is 31.5 Å². The van der Waals surface area contributed by atoms with E-state index in [0.717, 1.165) is 4.47 Å². The van der Waals surface area contributed by atoms with Gasteiger partial charge >= 0.3 is 0 Å². The minimum absolute atomic E-state index is 0.0368. The molecule has 0 unspecified atom stereocenters. The van der Waals surface area contributed by atoms with Gasteiger partial charge in [0.25, 0.3) is 10.0 Å². The summed E-state index contributed by atoms with van der Waals surface area (Å²) >= 11 is 14.9. The molecule has 0 aliphatic carbocycles. The highest BCUT2D eigenvalue weighted by Gasteiger charge is 2.14. The Morgan fingerprint density at radius 1 is 1.17 bits per heavy atom. The fraction of sp³-hybridized carbons (Fsp3) is 0.0714. The first kappa shape index (κ1) is 18.1. The fourth-order valence-electron chi connectivity index (χ4n) is 1.67. The van der Waals surface area contributed by atoms with Gasteiger partial charge in [-0.25, -0.2) is 4.83 Å². The van der Waals surface area contributed by atoms with Crippen LogP contribution in [0.2, 0.25) is 10.0 Å². The zero-order valence-electron chi connectivity index (χ0n) is 11.8. The summed E-state index contributed by atoms with van der Waals surface area (Å²) in [6, 6.07) is 9.28. The monoisotopic (exact) mass is 436 g/mol. The molecule has 0 radical (unpaired) electrons. The van der Waals surface area contributed by atoms with Crippen LogP contribution in [0.15, 0.2) is 50.9 Å². The van der Waals surface area contributed by atoms with Gasteiger partial charge in [-0.05, 0) is 36.4 Å². The van der Waals surface area contributed by atoms with Crippen LogP contribution in [0.25, 0.3) is 0 Å². The van der Waals surface area contributed by atoms with Crippen molar-refractivity contribution in [3.8, 4) is 5.75 Å². The van der Waals surface area contributed by atoms with Gasteiger partial charge in [0.05, 0.1) is 28.3 Å². The van der Waals surface area contributed by atoms with Crippen molar-refractivity contribution in [2.24, 2.45) is 5.10 Å². The van der Waals surface area contributed by atoms with E-state index in [-0.39, 0.29) is 14.9 Å². The van der Waals surface area contributed by atoms with Crippen molar-refractivity contribution in [3.63, 3.8) is 0 Å². The summed E-state index contributed by atoms with van der Waals surface area (Å²) < 4.78 is 30.3. The molecule has 5 nitrogen and oxygen atoms in total. The van der Waals surface area contributed by atoms with Gasteiger partial charge < -0.3 is 4.74 Å². The van der Waals surface area contributed by atoms with E-state index in [0.29, 0.717) is 11.3 Å². The SMILES string of the molecule is COc1ccc(Br)cc1/C=N/NS(=O)(=O)c1ccc(Cl)c(Cl)c1. The van der Waals surface area contributed by atoms with Crippen molar-refractivity contribution in [1.82, 2.24) is 4.83 Å². The number of halogens is 3. The number of nitrogens with zero attached hydrogens (tertiary/aromatic N) is 1. The Labute approximate surface area is 152 Å². The molecule has 122 valence electrons. The molecule has 0 fully saturated rings. The van der Waals surface area contributed by atoms with Crippen LogP contribution in [0, 0.1) is 0 Å². The number of methoxy groups -OCH3 is 1. The Bertz CT molecular complexity index is 857. The number of hydrogen-bond acceptors (Lipinski definition) is 4. The fourth-order valence-corrected chi connectivity index (χ4v) is 3.23. The first-order valence-corrected chi connectivity index (χ1v) is 9.20. The van der Waals surface area contributed by atoms with Crippen molar-refractivity contribution < 1.29 is 13.2 Å². The molecule has 2 aromatic carbocycles. The third-order valence-electron chi connectivity index (χ3n) is 2.77. The van der Waals surface area contributed by atoms with Crippen LogP contribution in [0.5, 0.6) is 5.75 Å². The lowest BCUT2D eigenvalue weighted by molar-refractivity contribution is 0.414. The lowest BCUT2D eigenvalue weighted by Gasteiger charge is -2.06. The van der Waals surface area contributed by atoms with Crippen molar-refractivity contribution in [3.05, 3.63) is 56.5 Å². The second-order valence-corrected chi connectivity index (χ2v) is 7.71. The molecule has 0 saturated heterocycles. The molecule has 0 saturated carbocycles. The number of rotatable bonds is 5. The van der Waals surface area contributed by atoms with Gasteiger partial charge in [0.1, 0.15) is 5.75 Å². The van der Waals surface area contributed by atoms with Gasteiger partial charge in [-0.1, -0.05) is 39.1 Å². The molecule has 23 heavy (non-hydrogen) atoms. The van der Waals surface area contributed by atoms with Crippen LogP contribution in [0.3, 0.4) is 0 Å². The molecule has 9 heteroatoms. The quantitative estimate of drug-likeness (QED) is 0.566. The van der Waals surface area contributed by atoms with Crippen LogP contribution in [-0.2, 0) is 10.0 Å². The van der Waals surface area contributed by atoms with Gasteiger partial charge in [0.15, 0.2) is 0 Å². The Morgan fingerprint density at radius 3 is 2.57 bits per heavy atom. The van der Waals surface area contributed by atoms with Crippen molar-refractivity contribution in [2.45, 2.75) is 4.90 Å². The first-order chi connectivity index (χ1) is 10.8. The lowest BCUT2D eigenvalue weighted by Crippen LogP contribution is -2.18. The summed E-state index contributed by atoms with van der Waals surface area (Å²) in [5, 5.41) is 4.17. The summed E-state index contributed by atoms with van der Waals surface area (Å²) in [7, 11) is -2.33. The molecule has 2 aromatic rings. The summed E-state index contributed by atoms with van der Waals surface area (Å²) in [6.07, 6.45) is 1.35. The molecule has 0 aliphatic heterocycles. The Kier molecular flexibility index (Phi) is 5.91. The zero-order valence-corrected chi connectivity index (χ0v) is 15.7. The van der Waals surface area contributed by atoms with Gasteiger partial charge in [0, 0.05) is 10.0 Å². The summed E-state index contributed by atoms with van der Waals surface area (Å²) in [6.45, 7) is 0. The van der Waals surface area contributed by atoms with E-state index in [4.69, 9.17) is 27.9 Å². The van der Waals surface area contributed by atoms with Gasteiger partial charge in [-0.3, -0.25) is 0 Å². The highest BCUT2D eigenvalue weighted by atomic mass is 79.9. The maximum atomic E-state index is 12.1. The summed E-state index contributed by atoms with van der Waals surface area (Å²) in [5.41, 5.74) is 0.610. The van der Waals surface area contributed by atoms with E-state index in [1.807, 2.05) is 0 Å². The average molecular weight is 438 g/mol. The van der Waals surface area contributed by atoms with E-state index in [1.54, 1.807) is 18.2 Å². The topological polar surface area (TPSA) is 67.8 Å². The van der Waals surface area contributed by atoms with Crippen LogP contribution in [-0.4, -0.2) is 21.7 Å². The second kappa shape index (κ2) is 7.53. The Hall–Kier alpha value is -1.28. The lowest BCUT2D eigenvalue weighted by atomic mass is 10.2. The number of hydrogen-bond donors (Lipinski definition) is 1. The molecule has 0 aliphatic rings. The van der Waals surface area contributed by atoms with Crippen LogP contribution < -0.4 is 9.57 Å². The molecular formula is C14H11BrCl2N2O3S. The first-order valence-electron chi connectivity index (χ1n) is 6.17. The molecule has 1 N–H and O–H groups in total. The minimum atomic E-state index is -3.84. The van der Waals surface area contributed by atoms with Crippen LogP contribution >= 0.6 is 39.1 Å². The zero-order chi connectivity index (χ0) is 17.0. The summed E-state index contributed by atoms with van der Waals surface area (Å²) in [5.74, 6) is 0.561. The number of ether oxygens (including phenoxy) is 1. The maximum absolute atomic E-state index is 12.1. The largest absolute Gasteiger partial charge is 0.496 e. The molecule has 0 amide bonds. The Balaban J connectivity index is 2.22. The predicted octanol–water partition coefficient (Wildman–Crippen LogP) is 4.08. The summed E-state index contributed by atoms with van der Waals surface area (Å²) in [4.78, 5) is 2.07. The smallest absolute Gasteiger partial charge is 0.276 e. The highest BCUT2D eigenvalue weighted by Crippen LogP contribution is 2.25. The highest BCUT2D eigenvalue weighted by molar-refractivity contribution is 9.10. The Morgan fingerprint density at radius 2 is 1.91 bits per heavy atom. The molecule has 0 aromatic heterocycles. The minimum Gasteiger partial charge on any atom is -0.496 e. The maximum Gasteiger partial charge on any atom is 0.276 e. The van der Waals surface area contributed by atoms with E-state index in [9.17, 15) is 8.42 Å². The third kappa shape index (κ3) is 4.60. The molecule has 0 bridgehead atoms. The van der Waals surface area contributed by atoms with Crippen molar-refractivity contribution in [2.75, 3.05) is 7.11 Å². The van der Waals surface area contributed by atoms with E-state index < -0.39 is 10.0 Å². The predicted molar refractivity (Wildman–Crippen MR) is 95.1 cm³/mol. The molecule has 0 heterocycles. The molecule has 2 rings (SSSR count). The molecule has 0 spiro atoms.